The molecule has 1 heterocycles. The predicted octanol–water partition coefficient (Wildman–Crippen LogP) is 2.23. The summed E-state index contributed by atoms with van der Waals surface area (Å²) in [5, 5.41) is 6.66. The lowest BCUT2D eigenvalue weighted by Gasteiger charge is -2.04. The summed E-state index contributed by atoms with van der Waals surface area (Å²) in [5.74, 6) is 1.35. The van der Waals surface area contributed by atoms with Gasteiger partial charge >= 0.3 is 0 Å². The molecule has 0 saturated heterocycles. The van der Waals surface area contributed by atoms with E-state index in [-0.39, 0.29) is 30.5 Å². The Morgan fingerprint density at radius 3 is 2.58 bits per heavy atom. The van der Waals surface area contributed by atoms with E-state index in [9.17, 15) is 0 Å². The van der Waals surface area contributed by atoms with Crippen molar-refractivity contribution >= 4 is 35.6 Å². The Morgan fingerprint density at radius 2 is 2.00 bits per heavy atom. The quantitative estimate of drug-likeness (QED) is 0.489. The summed E-state index contributed by atoms with van der Waals surface area (Å²) in [7, 11) is 0. The van der Waals surface area contributed by atoms with Crippen molar-refractivity contribution in [2.45, 2.75) is 20.4 Å². The van der Waals surface area contributed by atoms with Crippen LogP contribution in [0.5, 0.6) is 0 Å². The van der Waals surface area contributed by atoms with Crippen molar-refractivity contribution in [3.8, 4) is 0 Å². The van der Waals surface area contributed by atoms with E-state index in [1.165, 1.54) is 5.56 Å². The van der Waals surface area contributed by atoms with E-state index in [1.807, 2.05) is 31.2 Å². The number of aliphatic imine (C=N–C) groups is 1. The first-order valence-electron chi connectivity index (χ1n) is 5.56. The Kier molecular flexibility index (Phi) is 5.74. The van der Waals surface area contributed by atoms with E-state index in [4.69, 9.17) is 10.3 Å². The summed E-state index contributed by atoms with van der Waals surface area (Å²) in [6, 6.07) is 7.87. The first kappa shape index (κ1) is 15.4. The molecule has 0 aliphatic rings. The third kappa shape index (κ3) is 4.86. The van der Waals surface area contributed by atoms with Crippen LogP contribution in [0.4, 0.5) is 5.69 Å². The van der Waals surface area contributed by atoms with Gasteiger partial charge in [0.15, 0.2) is 11.8 Å². The fraction of sp³-hybridized carbons (Fsp3) is 0.250. The van der Waals surface area contributed by atoms with Crippen LogP contribution in [0.25, 0.3) is 0 Å². The van der Waals surface area contributed by atoms with Crippen molar-refractivity contribution < 1.29 is 4.52 Å². The van der Waals surface area contributed by atoms with Crippen molar-refractivity contribution in [3.63, 3.8) is 0 Å². The Balaban J connectivity index is 0.00000180. The van der Waals surface area contributed by atoms with Gasteiger partial charge in [-0.3, -0.25) is 0 Å². The van der Waals surface area contributed by atoms with Gasteiger partial charge in [0.05, 0.1) is 0 Å². The van der Waals surface area contributed by atoms with Crippen LogP contribution in [0.3, 0.4) is 0 Å². The van der Waals surface area contributed by atoms with E-state index >= 15 is 0 Å². The Hall–Kier alpha value is -1.64. The van der Waals surface area contributed by atoms with Gasteiger partial charge in [0.25, 0.3) is 0 Å². The highest BCUT2D eigenvalue weighted by Gasteiger charge is 2.01. The second kappa shape index (κ2) is 7.07. The maximum Gasteiger partial charge on any atom is 0.248 e. The number of hydrogen-bond donors (Lipinski definition) is 2. The normalized spacial score (nSPS) is 10.9. The molecule has 19 heavy (non-hydrogen) atoms. The second-order valence-corrected chi connectivity index (χ2v) is 3.93. The molecule has 0 aliphatic heterocycles. The molecule has 6 nitrogen and oxygen atoms in total. The number of rotatable bonds is 3. The summed E-state index contributed by atoms with van der Waals surface area (Å²) in [4.78, 5) is 8.15. The molecule has 7 heteroatoms. The number of benzene rings is 1. The van der Waals surface area contributed by atoms with E-state index in [1.54, 1.807) is 6.92 Å². The molecular weight excluding hydrogens is 357 g/mol. The average molecular weight is 373 g/mol. The molecule has 0 radical (unpaired) electrons. The molecular formula is C12H16IN5O. The predicted molar refractivity (Wildman–Crippen MR) is 84.6 cm³/mol. The molecule has 1 aromatic carbocycles. The van der Waals surface area contributed by atoms with Crippen molar-refractivity contribution in [1.29, 1.82) is 0 Å². The van der Waals surface area contributed by atoms with Crippen molar-refractivity contribution in [1.82, 2.24) is 10.1 Å². The zero-order valence-corrected chi connectivity index (χ0v) is 13.1. The molecule has 0 aliphatic carbocycles. The third-order valence-electron chi connectivity index (χ3n) is 2.28. The maximum atomic E-state index is 5.75. The molecule has 2 aromatic rings. The Bertz CT molecular complexity index is 550. The van der Waals surface area contributed by atoms with Crippen LogP contribution in [0.15, 0.2) is 33.8 Å². The van der Waals surface area contributed by atoms with Gasteiger partial charge in [-0.2, -0.15) is 4.98 Å². The average Bonchev–Trinajstić information content (AvgIpc) is 2.76. The van der Waals surface area contributed by atoms with Crippen LogP contribution in [0.2, 0.25) is 0 Å². The summed E-state index contributed by atoms with van der Waals surface area (Å²) < 4.78 is 4.93. The van der Waals surface area contributed by atoms with Crippen LogP contribution in [0.1, 0.15) is 17.3 Å². The SMILES string of the molecule is Cc1ccc(NC(N)=NCc2nc(C)no2)cc1.I. The van der Waals surface area contributed by atoms with Gasteiger partial charge in [0.1, 0.15) is 6.54 Å². The molecule has 0 fully saturated rings. The van der Waals surface area contributed by atoms with Crippen LogP contribution in [-0.4, -0.2) is 16.1 Å². The molecule has 3 N–H and O–H groups in total. The standard InChI is InChI=1S/C12H15N5O.HI/c1-8-3-5-10(6-4-8)16-12(13)14-7-11-15-9(2)17-18-11;/h3-6H,7H2,1-2H3,(H3,13,14,16);1H. The van der Waals surface area contributed by atoms with Gasteiger partial charge in [0.2, 0.25) is 5.89 Å². The lowest BCUT2D eigenvalue weighted by Crippen LogP contribution is -2.22. The summed E-state index contributed by atoms with van der Waals surface area (Å²) >= 11 is 0. The zero-order valence-electron chi connectivity index (χ0n) is 10.8. The number of aryl methyl sites for hydroxylation is 2. The number of aromatic nitrogens is 2. The van der Waals surface area contributed by atoms with Gasteiger partial charge in [-0.05, 0) is 26.0 Å². The number of guanidine groups is 1. The fourth-order valence-corrected chi connectivity index (χ4v) is 1.38. The highest BCUT2D eigenvalue weighted by atomic mass is 127. The molecule has 0 amide bonds. The maximum absolute atomic E-state index is 5.75. The third-order valence-corrected chi connectivity index (χ3v) is 2.28. The Labute approximate surface area is 128 Å². The number of nitrogens with zero attached hydrogens (tertiary/aromatic N) is 3. The minimum atomic E-state index is 0. The van der Waals surface area contributed by atoms with Gasteiger partial charge in [0, 0.05) is 5.69 Å². The van der Waals surface area contributed by atoms with Crippen molar-refractivity contribution in [3.05, 3.63) is 41.5 Å². The zero-order chi connectivity index (χ0) is 13.0. The van der Waals surface area contributed by atoms with Crippen molar-refractivity contribution in [2.75, 3.05) is 5.32 Å². The number of nitrogens with one attached hydrogen (secondary N) is 1. The first-order chi connectivity index (χ1) is 8.63. The molecule has 102 valence electrons. The minimum Gasteiger partial charge on any atom is -0.370 e. The number of hydrogen-bond acceptors (Lipinski definition) is 4. The molecule has 1 aromatic heterocycles. The van der Waals surface area contributed by atoms with Crippen LogP contribution in [0, 0.1) is 13.8 Å². The summed E-state index contributed by atoms with van der Waals surface area (Å²) in [5.41, 5.74) is 7.83. The van der Waals surface area contributed by atoms with Crippen molar-refractivity contribution in [2.24, 2.45) is 10.7 Å². The highest BCUT2D eigenvalue weighted by Crippen LogP contribution is 2.08. The fourth-order valence-electron chi connectivity index (χ4n) is 1.38. The monoisotopic (exact) mass is 373 g/mol. The summed E-state index contributed by atoms with van der Waals surface area (Å²) in [6.07, 6.45) is 0. The van der Waals surface area contributed by atoms with Gasteiger partial charge in [-0.1, -0.05) is 22.9 Å². The molecule has 0 bridgehead atoms. The molecule has 2 rings (SSSR count). The van der Waals surface area contributed by atoms with Crippen LogP contribution >= 0.6 is 24.0 Å². The van der Waals surface area contributed by atoms with Gasteiger partial charge < -0.3 is 15.6 Å². The lowest BCUT2D eigenvalue weighted by molar-refractivity contribution is 0.376. The van der Waals surface area contributed by atoms with Gasteiger partial charge in [-0.25, -0.2) is 4.99 Å². The smallest absolute Gasteiger partial charge is 0.248 e. The van der Waals surface area contributed by atoms with E-state index < -0.39 is 0 Å². The molecule has 0 saturated carbocycles. The van der Waals surface area contributed by atoms with Crippen LogP contribution < -0.4 is 11.1 Å². The minimum absolute atomic E-state index is 0. The lowest BCUT2D eigenvalue weighted by atomic mass is 10.2. The topological polar surface area (TPSA) is 89.3 Å². The number of halogens is 1. The first-order valence-corrected chi connectivity index (χ1v) is 5.56. The Morgan fingerprint density at radius 1 is 1.32 bits per heavy atom. The second-order valence-electron chi connectivity index (χ2n) is 3.93. The molecule has 0 unspecified atom stereocenters. The van der Waals surface area contributed by atoms with Gasteiger partial charge in [-0.15, -0.1) is 24.0 Å². The molecule has 0 spiro atoms. The highest BCUT2D eigenvalue weighted by molar-refractivity contribution is 14.0. The molecule has 0 atom stereocenters. The largest absolute Gasteiger partial charge is 0.370 e. The van der Waals surface area contributed by atoms with Crippen LogP contribution in [-0.2, 0) is 6.54 Å². The number of nitrogens with two attached hydrogens (primary N) is 1. The summed E-state index contributed by atoms with van der Waals surface area (Å²) in [6.45, 7) is 4.05. The number of anilines is 1. The van der Waals surface area contributed by atoms with E-state index in [0.717, 1.165) is 5.69 Å². The van der Waals surface area contributed by atoms with E-state index in [2.05, 4.69) is 20.4 Å². The van der Waals surface area contributed by atoms with E-state index in [0.29, 0.717) is 17.7 Å².